The first kappa shape index (κ1) is 11.0. The van der Waals surface area contributed by atoms with Crippen LogP contribution in [0.2, 0.25) is 0 Å². The van der Waals surface area contributed by atoms with E-state index >= 15 is 0 Å². The fourth-order valence-corrected chi connectivity index (χ4v) is 2.15. The molecule has 0 radical (unpaired) electrons. The third-order valence-electron chi connectivity index (χ3n) is 2.40. The average Bonchev–Trinajstić information content (AvgIpc) is 2.84. The van der Waals surface area contributed by atoms with Gasteiger partial charge in [0.25, 0.3) is 5.91 Å². The summed E-state index contributed by atoms with van der Waals surface area (Å²) in [5.41, 5.74) is 0. The number of rotatable bonds is 2. The molecule has 0 bridgehead atoms. The Kier molecular flexibility index (Phi) is 2.84. The zero-order chi connectivity index (χ0) is 11.7. The second-order valence-corrected chi connectivity index (χ2v) is 4.27. The van der Waals surface area contributed by atoms with Gasteiger partial charge in [-0.25, -0.2) is 4.79 Å². The topological polar surface area (TPSA) is 104 Å². The fourth-order valence-electron chi connectivity index (χ4n) is 1.68. The predicted molar refractivity (Wildman–Crippen MR) is 53.0 cm³/mol. The largest absolute Gasteiger partial charge is 0.480 e. The number of hydrogen-bond donors (Lipinski definition) is 2. The lowest BCUT2D eigenvalue weighted by atomic mass is 10.2. The Labute approximate surface area is 94.5 Å². The second kappa shape index (κ2) is 4.14. The minimum atomic E-state index is -1.11. The summed E-state index contributed by atoms with van der Waals surface area (Å²) >= 11 is 0.906. The van der Waals surface area contributed by atoms with Crippen molar-refractivity contribution in [3.8, 4) is 0 Å². The number of amides is 1. The Morgan fingerprint density at radius 2 is 2.31 bits per heavy atom. The Morgan fingerprint density at radius 1 is 1.56 bits per heavy atom. The first-order chi connectivity index (χ1) is 7.59. The number of aliphatic carboxylic acids is 1. The standard InChI is InChI=1S/C8H9N3O4S/c12-4-1-5(8(14)15)11(3-4)7(13)6-2-9-10-16-6/h2,4-5,12H,1,3H2,(H,14,15)/t4-,5+/m1/s1. The molecular formula is C8H9N3O4S. The fraction of sp³-hybridized carbons (Fsp3) is 0.500. The third kappa shape index (κ3) is 1.89. The molecule has 0 aliphatic carbocycles. The van der Waals surface area contributed by atoms with E-state index in [1.807, 2.05) is 0 Å². The molecular weight excluding hydrogens is 234 g/mol. The summed E-state index contributed by atoms with van der Waals surface area (Å²) < 4.78 is 3.54. The Bertz CT molecular complexity index is 407. The number of nitrogens with zero attached hydrogens (tertiary/aromatic N) is 3. The number of carbonyl (C=O) groups excluding carboxylic acids is 1. The van der Waals surface area contributed by atoms with Gasteiger partial charge >= 0.3 is 5.97 Å². The maximum Gasteiger partial charge on any atom is 0.326 e. The van der Waals surface area contributed by atoms with Crippen molar-refractivity contribution in [1.82, 2.24) is 14.5 Å². The molecule has 0 saturated carbocycles. The number of aliphatic hydroxyl groups is 1. The van der Waals surface area contributed by atoms with E-state index in [0.717, 1.165) is 16.4 Å². The van der Waals surface area contributed by atoms with E-state index in [0.29, 0.717) is 0 Å². The lowest BCUT2D eigenvalue weighted by Gasteiger charge is -2.19. The van der Waals surface area contributed by atoms with Gasteiger partial charge in [0.05, 0.1) is 12.3 Å². The molecule has 0 aromatic carbocycles. The minimum Gasteiger partial charge on any atom is -0.480 e. The van der Waals surface area contributed by atoms with Crippen LogP contribution < -0.4 is 0 Å². The van der Waals surface area contributed by atoms with Crippen molar-refractivity contribution in [3.05, 3.63) is 11.1 Å². The Morgan fingerprint density at radius 3 is 2.88 bits per heavy atom. The van der Waals surface area contributed by atoms with Crippen molar-refractivity contribution < 1.29 is 19.8 Å². The van der Waals surface area contributed by atoms with Crippen LogP contribution >= 0.6 is 11.5 Å². The second-order valence-electron chi connectivity index (χ2n) is 3.48. The van der Waals surface area contributed by atoms with Crippen molar-refractivity contribution in [2.75, 3.05) is 6.54 Å². The average molecular weight is 243 g/mol. The molecule has 7 nitrogen and oxygen atoms in total. The molecule has 2 N–H and O–H groups in total. The molecule has 1 aliphatic rings. The molecule has 2 heterocycles. The molecule has 1 amide bonds. The quantitative estimate of drug-likeness (QED) is 0.704. The lowest BCUT2D eigenvalue weighted by molar-refractivity contribution is -0.141. The van der Waals surface area contributed by atoms with Crippen LogP contribution in [0.5, 0.6) is 0 Å². The summed E-state index contributed by atoms with van der Waals surface area (Å²) in [6.45, 7) is 0.0354. The van der Waals surface area contributed by atoms with Gasteiger partial charge in [-0.15, -0.1) is 5.10 Å². The van der Waals surface area contributed by atoms with Crippen LogP contribution in [0.25, 0.3) is 0 Å². The molecule has 1 aromatic rings. The van der Waals surface area contributed by atoms with Gasteiger partial charge in [-0.3, -0.25) is 4.79 Å². The van der Waals surface area contributed by atoms with E-state index in [9.17, 15) is 14.7 Å². The first-order valence-electron chi connectivity index (χ1n) is 4.59. The summed E-state index contributed by atoms with van der Waals surface area (Å²) in [7, 11) is 0. The number of likely N-dealkylation sites (tertiary alicyclic amines) is 1. The first-order valence-corrected chi connectivity index (χ1v) is 5.36. The van der Waals surface area contributed by atoms with Crippen LogP contribution in [-0.4, -0.2) is 55.3 Å². The predicted octanol–water partition coefficient (Wildman–Crippen LogP) is -0.802. The van der Waals surface area contributed by atoms with Gasteiger partial charge in [0, 0.05) is 13.0 Å². The van der Waals surface area contributed by atoms with E-state index in [1.165, 1.54) is 6.20 Å². The van der Waals surface area contributed by atoms with E-state index in [4.69, 9.17) is 5.11 Å². The summed E-state index contributed by atoms with van der Waals surface area (Å²) in [6.07, 6.45) is 0.565. The lowest BCUT2D eigenvalue weighted by Crippen LogP contribution is -2.40. The maximum absolute atomic E-state index is 11.9. The minimum absolute atomic E-state index is 0.0354. The van der Waals surface area contributed by atoms with Crippen LogP contribution in [0.3, 0.4) is 0 Å². The number of aromatic nitrogens is 2. The van der Waals surface area contributed by atoms with Crippen LogP contribution in [0.15, 0.2) is 6.20 Å². The summed E-state index contributed by atoms with van der Waals surface area (Å²) in [5, 5.41) is 21.8. The maximum atomic E-state index is 11.9. The van der Waals surface area contributed by atoms with E-state index in [2.05, 4.69) is 9.59 Å². The molecule has 1 aromatic heterocycles. The molecule has 0 spiro atoms. The van der Waals surface area contributed by atoms with Crippen LogP contribution in [0, 0.1) is 0 Å². The van der Waals surface area contributed by atoms with Gasteiger partial charge in [-0.2, -0.15) is 0 Å². The van der Waals surface area contributed by atoms with Crippen LogP contribution in [0.4, 0.5) is 0 Å². The van der Waals surface area contributed by atoms with Crippen LogP contribution in [0.1, 0.15) is 16.1 Å². The van der Waals surface area contributed by atoms with Gasteiger partial charge in [0.2, 0.25) is 0 Å². The van der Waals surface area contributed by atoms with Crippen molar-refractivity contribution in [3.63, 3.8) is 0 Å². The van der Waals surface area contributed by atoms with E-state index in [-0.39, 0.29) is 17.8 Å². The van der Waals surface area contributed by atoms with Crippen molar-refractivity contribution in [2.24, 2.45) is 0 Å². The van der Waals surface area contributed by atoms with Crippen LogP contribution in [-0.2, 0) is 4.79 Å². The zero-order valence-electron chi connectivity index (χ0n) is 8.11. The molecule has 1 saturated heterocycles. The van der Waals surface area contributed by atoms with Gasteiger partial charge in [-0.05, 0) is 11.5 Å². The van der Waals surface area contributed by atoms with Gasteiger partial charge in [-0.1, -0.05) is 4.49 Å². The van der Waals surface area contributed by atoms with E-state index in [1.54, 1.807) is 0 Å². The number of aliphatic hydroxyl groups excluding tert-OH is 1. The number of carbonyl (C=O) groups is 2. The highest BCUT2D eigenvalue weighted by Gasteiger charge is 2.39. The SMILES string of the molecule is O=C(O)[C@@H]1C[C@@H](O)CN1C(=O)c1cnns1. The molecule has 0 unspecified atom stereocenters. The number of β-amino-alcohol motifs (C(OH)–C–C–N with tert-alkyl or cyclic N) is 1. The highest BCUT2D eigenvalue weighted by atomic mass is 32.1. The van der Waals surface area contributed by atoms with Crippen molar-refractivity contribution in [2.45, 2.75) is 18.6 Å². The molecule has 86 valence electrons. The number of carboxylic acids is 1. The summed E-state index contributed by atoms with van der Waals surface area (Å²) in [4.78, 5) is 24.2. The highest BCUT2D eigenvalue weighted by molar-refractivity contribution is 7.07. The van der Waals surface area contributed by atoms with Crippen molar-refractivity contribution in [1.29, 1.82) is 0 Å². The van der Waals surface area contributed by atoms with E-state index < -0.39 is 24.0 Å². The molecule has 2 rings (SSSR count). The van der Waals surface area contributed by atoms with Gasteiger partial charge in [0.1, 0.15) is 10.9 Å². The molecule has 16 heavy (non-hydrogen) atoms. The van der Waals surface area contributed by atoms with Gasteiger partial charge < -0.3 is 15.1 Å². The molecule has 8 heteroatoms. The summed E-state index contributed by atoms with van der Waals surface area (Å²) in [5.74, 6) is -1.55. The normalized spacial score (nSPS) is 24.7. The van der Waals surface area contributed by atoms with Crippen molar-refractivity contribution >= 4 is 23.4 Å². The monoisotopic (exact) mass is 243 g/mol. The zero-order valence-corrected chi connectivity index (χ0v) is 8.92. The van der Waals surface area contributed by atoms with Gasteiger partial charge in [0.15, 0.2) is 0 Å². The molecule has 1 fully saturated rings. The summed E-state index contributed by atoms with van der Waals surface area (Å²) in [6, 6.07) is -0.968. The molecule has 2 atom stereocenters. The number of carboxylic acid groups (broad SMARTS) is 1. The highest BCUT2D eigenvalue weighted by Crippen LogP contribution is 2.21. The third-order valence-corrected chi connectivity index (χ3v) is 3.05. The smallest absolute Gasteiger partial charge is 0.326 e. The Balaban J connectivity index is 2.20. The molecule has 1 aliphatic heterocycles. The number of hydrogen-bond acceptors (Lipinski definition) is 6. The Hall–Kier alpha value is -1.54.